The van der Waals surface area contributed by atoms with Crippen molar-refractivity contribution in [3.8, 4) is 0 Å². The highest BCUT2D eigenvalue weighted by atomic mass is 16.5. The van der Waals surface area contributed by atoms with Gasteiger partial charge in [0.15, 0.2) is 0 Å². The lowest BCUT2D eigenvalue weighted by molar-refractivity contribution is -0.113. The Balaban J connectivity index is 4.55. The zero-order valence-corrected chi connectivity index (χ0v) is 8.47. The Bertz CT molecular complexity index is 189. The molecule has 0 unspecified atom stereocenters. The van der Waals surface area contributed by atoms with E-state index in [0.29, 0.717) is 6.42 Å². The Morgan fingerprint density at radius 3 is 2.17 bits per heavy atom. The summed E-state index contributed by atoms with van der Waals surface area (Å²) in [4.78, 5) is 15.3. The summed E-state index contributed by atoms with van der Waals surface area (Å²) in [5, 5.41) is 0. The summed E-state index contributed by atoms with van der Waals surface area (Å²) < 4.78 is 4.88. The van der Waals surface area contributed by atoms with Gasteiger partial charge in [-0.25, -0.2) is 4.99 Å². The SMILES string of the molecule is CCC(=O)C(=NC(C)(C)C)OC. The molecule has 0 aliphatic heterocycles. The highest BCUT2D eigenvalue weighted by molar-refractivity contribution is 6.36. The molecule has 0 saturated carbocycles. The minimum absolute atomic E-state index is 0.0487. The summed E-state index contributed by atoms with van der Waals surface area (Å²) >= 11 is 0. The van der Waals surface area contributed by atoms with Crippen molar-refractivity contribution in [3.05, 3.63) is 0 Å². The normalized spacial score (nSPS) is 12.9. The van der Waals surface area contributed by atoms with Crippen molar-refractivity contribution in [2.75, 3.05) is 7.11 Å². The maximum absolute atomic E-state index is 11.2. The summed E-state index contributed by atoms with van der Waals surface area (Å²) in [6, 6.07) is 0. The van der Waals surface area contributed by atoms with E-state index in [1.54, 1.807) is 6.92 Å². The van der Waals surface area contributed by atoms with Crippen LogP contribution in [0.3, 0.4) is 0 Å². The molecule has 0 atom stereocenters. The highest BCUT2D eigenvalue weighted by Crippen LogP contribution is 2.07. The fourth-order valence-corrected chi connectivity index (χ4v) is 0.678. The highest BCUT2D eigenvalue weighted by Gasteiger charge is 2.14. The van der Waals surface area contributed by atoms with E-state index < -0.39 is 0 Å². The predicted molar refractivity (Wildman–Crippen MR) is 49.5 cm³/mol. The average molecular weight is 171 g/mol. The van der Waals surface area contributed by atoms with Crippen LogP contribution in [0.5, 0.6) is 0 Å². The van der Waals surface area contributed by atoms with Gasteiger partial charge >= 0.3 is 0 Å². The maximum atomic E-state index is 11.2. The van der Waals surface area contributed by atoms with Crippen molar-refractivity contribution in [1.82, 2.24) is 0 Å². The minimum Gasteiger partial charge on any atom is -0.479 e. The van der Waals surface area contributed by atoms with Crippen LogP contribution in [0.4, 0.5) is 0 Å². The molecule has 0 N–H and O–H groups in total. The van der Waals surface area contributed by atoms with Crippen LogP contribution >= 0.6 is 0 Å². The molecule has 0 radical (unpaired) electrons. The molecule has 12 heavy (non-hydrogen) atoms. The van der Waals surface area contributed by atoms with Crippen LogP contribution in [0.2, 0.25) is 0 Å². The van der Waals surface area contributed by atoms with E-state index in [9.17, 15) is 4.79 Å². The summed E-state index contributed by atoms with van der Waals surface area (Å²) in [6.07, 6.45) is 0.433. The third-order valence-corrected chi connectivity index (χ3v) is 1.19. The van der Waals surface area contributed by atoms with Crippen LogP contribution in [0.1, 0.15) is 34.1 Å². The molecule has 3 heteroatoms. The Morgan fingerprint density at radius 2 is 1.92 bits per heavy atom. The van der Waals surface area contributed by atoms with Crippen LogP contribution in [0.25, 0.3) is 0 Å². The number of carbonyl (C=O) groups excluding carboxylic acids is 1. The Hall–Kier alpha value is -0.860. The van der Waals surface area contributed by atoms with E-state index in [4.69, 9.17) is 4.74 Å². The van der Waals surface area contributed by atoms with Gasteiger partial charge in [-0.15, -0.1) is 0 Å². The van der Waals surface area contributed by atoms with E-state index >= 15 is 0 Å². The van der Waals surface area contributed by atoms with E-state index in [-0.39, 0.29) is 17.2 Å². The largest absolute Gasteiger partial charge is 0.479 e. The van der Waals surface area contributed by atoms with E-state index in [1.807, 2.05) is 20.8 Å². The van der Waals surface area contributed by atoms with Crippen molar-refractivity contribution < 1.29 is 9.53 Å². The number of ketones is 1. The zero-order chi connectivity index (χ0) is 9.78. The lowest BCUT2D eigenvalue weighted by atomic mass is 10.1. The van der Waals surface area contributed by atoms with Gasteiger partial charge in [0.1, 0.15) is 0 Å². The number of carbonyl (C=O) groups is 1. The molecule has 0 amide bonds. The lowest BCUT2D eigenvalue weighted by Crippen LogP contribution is -2.21. The Labute approximate surface area is 73.8 Å². The van der Waals surface area contributed by atoms with Crippen molar-refractivity contribution in [3.63, 3.8) is 0 Å². The van der Waals surface area contributed by atoms with E-state index in [2.05, 4.69) is 4.99 Å². The molecule has 0 aliphatic carbocycles. The minimum atomic E-state index is -0.254. The van der Waals surface area contributed by atoms with Crippen molar-refractivity contribution in [1.29, 1.82) is 0 Å². The second kappa shape index (κ2) is 4.24. The quantitative estimate of drug-likeness (QED) is 0.469. The van der Waals surface area contributed by atoms with Crippen molar-refractivity contribution >= 4 is 11.7 Å². The van der Waals surface area contributed by atoms with Crippen LogP contribution in [0, 0.1) is 0 Å². The number of rotatable bonds is 2. The number of hydrogen-bond acceptors (Lipinski definition) is 3. The van der Waals surface area contributed by atoms with Gasteiger partial charge in [0, 0.05) is 6.42 Å². The first-order valence-corrected chi connectivity index (χ1v) is 4.07. The Kier molecular flexibility index (Phi) is 3.93. The van der Waals surface area contributed by atoms with E-state index in [0.717, 1.165) is 0 Å². The van der Waals surface area contributed by atoms with Gasteiger partial charge in [0.25, 0.3) is 5.90 Å². The van der Waals surface area contributed by atoms with Crippen LogP contribution < -0.4 is 0 Å². The molecule has 0 aromatic heterocycles. The molecule has 0 aromatic rings. The second-order valence-corrected chi connectivity index (χ2v) is 3.57. The molecular formula is C9H17NO2. The smallest absolute Gasteiger partial charge is 0.253 e. The Morgan fingerprint density at radius 1 is 1.42 bits per heavy atom. The summed E-state index contributed by atoms with van der Waals surface area (Å²) in [7, 11) is 1.47. The molecule has 0 aliphatic rings. The zero-order valence-electron chi connectivity index (χ0n) is 8.47. The molecule has 0 fully saturated rings. The topological polar surface area (TPSA) is 38.7 Å². The van der Waals surface area contributed by atoms with Gasteiger partial charge in [-0.05, 0) is 20.8 Å². The number of hydrogen-bond donors (Lipinski definition) is 0. The number of methoxy groups -OCH3 is 1. The molecule has 3 nitrogen and oxygen atoms in total. The van der Waals surface area contributed by atoms with Crippen LogP contribution in [-0.4, -0.2) is 24.3 Å². The third-order valence-electron chi connectivity index (χ3n) is 1.19. The second-order valence-electron chi connectivity index (χ2n) is 3.57. The van der Waals surface area contributed by atoms with Gasteiger partial charge in [-0.1, -0.05) is 6.92 Å². The summed E-state index contributed by atoms with van der Waals surface area (Å²) in [5.41, 5.74) is -0.254. The summed E-state index contributed by atoms with van der Waals surface area (Å²) in [5.74, 6) is 0.178. The third kappa shape index (κ3) is 4.11. The molecule has 0 aromatic carbocycles. The average Bonchev–Trinajstić information content (AvgIpc) is 1.97. The van der Waals surface area contributed by atoms with Gasteiger partial charge < -0.3 is 4.74 Å². The predicted octanol–water partition coefficient (Wildman–Crippen LogP) is 1.81. The molecular weight excluding hydrogens is 154 g/mol. The van der Waals surface area contributed by atoms with Crippen molar-refractivity contribution in [2.45, 2.75) is 39.7 Å². The standard InChI is InChI=1S/C9H17NO2/c1-6-7(11)8(12-5)10-9(2,3)4/h6H2,1-5H3. The van der Waals surface area contributed by atoms with Crippen LogP contribution in [-0.2, 0) is 9.53 Å². The molecule has 0 spiro atoms. The maximum Gasteiger partial charge on any atom is 0.253 e. The fraction of sp³-hybridized carbons (Fsp3) is 0.778. The fourth-order valence-electron chi connectivity index (χ4n) is 0.678. The van der Waals surface area contributed by atoms with E-state index in [1.165, 1.54) is 7.11 Å². The van der Waals surface area contributed by atoms with Gasteiger partial charge in [-0.3, -0.25) is 4.79 Å². The summed E-state index contributed by atoms with van der Waals surface area (Å²) in [6.45, 7) is 7.57. The van der Waals surface area contributed by atoms with Gasteiger partial charge in [-0.2, -0.15) is 0 Å². The molecule has 70 valence electrons. The monoisotopic (exact) mass is 171 g/mol. The first kappa shape index (κ1) is 11.1. The molecule has 0 rings (SSSR count). The van der Waals surface area contributed by atoms with Crippen molar-refractivity contribution in [2.24, 2.45) is 4.99 Å². The molecule has 0 bridgehead atoms. The number of ether oxygens (including phenoxy) is 1. The van der Waals surface area contributed by atoms with Gasteiger partial charge in [0.2, 0.25) is 5.78 Å². The number of Topliss-reactive ketones (excluding diaryl/α,β-unsaturated/α-hetero) is 1. The van der Waals surface area contributed by atoms with Crippen LogP contribution in [0.15, 0.2) is 4.99 Å². The number of aliphatic imine (C=N–C) groups is 1. The first-order chi connectivity index (χ1) is 5.40. The van der Waals surface area contributed by atoms with Gasteiger partial charge in [0.05, 0.1) is 12.6 Å². The molecule has 0 heterocycles. The first-order valence-electron chi connectivity index (χ1n) is 4.07. The number of nitrogens with zero attached hydrogens (tertiary/aromatic N) is 1. The molecule has 0 saturated heterocycles. The lowest BCUT2D eigenvalue weighted by Gasteiger charge is -2.13.